The Balaban J connectivity index is 1.98. The molecule has 3 heterocycles. The second-order valence-corrected chi connectivity index (χ2v) is 7.25. The fraction of sp³-hybridized carbons (Fsp3) is 0.312. The number of aryl methyl sites for hydroxylation is 2. The van der Waals surface area contributed by atoms with Gasteiger partial charge >= 0.3 is 0 Å². The van der Waals surface area contributed by atoms with Crippen molar-refractivity contribution in [1.82, 2.24) is 4.98 Å². The van der Waals surface area contributed by atoms with Crippen LogP contribution in [-0.2, 0) is 13.0 Å². The van der Waals surface area contributed by atoms with Crippen molar-refractivity contribution in [3.05, 3.63) is 44.6 Å². The zero-order chi connectivity index (χ0) is 14.8. The lowest BCUT2D eigenvalue weighted by Crippen LogP contribution is -2.01. The molecule has 5 heteroatoms. The Hall–Kier alpha value is -1.43. The van der Waals surface area contributed by atoms with Gasteiger partial charge in [-0.1, -0.05) is 6.07 Å². The first-order valence-corrected chi connectivity index (χ1v) is 8.74. The fourth-order valence-corrected chi connectivity index (χ4v) is 4.34. The number of thiophene rings is 2. The average Bonchev–Trinajstić information content (AvgIpc) is 3.07. The van der Waals surface area contributed by atoms with Crippen LogP contribution in [0.15, 0.2) is 23.6 Å². The van der Waals surface area contributed by atoms with E-state index in [4.69, 9.17) is 10.7 Å². The summed E-state index contributed by atoms with van der Waals surface area (Å²) in [6.07, 6.45) is 0.927. The minimum Gasteiger partial charge on any atom is -0.379 e. The van der Waals surface area contributed by atoms with Crippen molar-refractivity contribution in [2.75, 3.05) is 11.9 Å². The van der Waals surface area contributed by atoms with E-state index in [0.717, 1.165) is 24.2 Å². The monoisotopic (exact) mass is 317 g/mol. The van der Waals surface area contributed by atoms with Crippen LogP contribution in [0, 0.1) is 13.8 Å². The van der Waals surface area contributed by atoms with E-state index in [9.17, 15) is 0 Å². The van der Waals surface area contributed by atoms with E-state index in [-0.39, 0.29) is 0 Å². The van der Waals surface area contributed by atoms with Gasteiger partial charge in [0, 0.05) is 22.0 Å². The van der Waals surface area contributed by atoms with E-state index in [1.807, 2.05) is 11.3 Å². The first-order chi connectivity index (χ1) is 10.2. The van der Waals surface area contributed by atoms with E-state index >= 15 is 0 Å². The highest BCUT2D eigenvalue weighted by atomic mass is 32.1. The molecule has 3 aromatic rings. The highest BCUT2D eigenvalue weighted by Gasteiger charge is 2.13. The van der Waals surface area contributed by atoms with E-state index in [2.05, 4.69) is 42.7 Å². The quantitative estimate of drug-likeness (QED) is 0.745. The molecule has 0 radical (unpaired) electrons. The molecule has 21 heavy (non-hydrogen) atoms. The van der Waals surface area contributed by atoms with E-state index in [0.29, 0.717) is 6.54 Å². The molecule has 0 unspecified atom stereocenters. The summed E-state index contributed by atoms with van der Waals surface area (Å²) in [5.41, 5.74) is 10.4. The maximum absolute atomic E-state index is 5.71. The molecule has 0 saturated carbocycles. The summed E-state index contributed by atoms with van der Waals surface area (Å²) in [7, 11) is 0. The minimum atomic E-state index is 0.685. The van der Waals surface area contributed by atoms with Crippen molar-refractivity contribution in [1.29, 1.82) is 0 Å². The van der Waals surface area contributed by atoms with Crippen LogP contribution in [-0.4, -0.2) is 11.5 Å². The molecule has 3 aromatic heterocycles. The lowest BCUT2D eigenvalue weighted by molar-refractivity contribution is 0.980. The van der Waals surface area contributed by atoms with Crippen LogP contribution in [0.3, 0.4) is 0 Å². The van der Waals surface area contributed by atoms with Crippen LogP contribution in [0.4, 0.5) is 5.69 Å². The number of nitrogens with two attached hydrogens (primary N) is 1. The first kappa shape index (κ1) is 14.5. The SMILES string of the molecule is Cc1cc(NCc2cccs2)c2sc(CCN)c(C)c2n1. The van der Waals surface area contributed by atoms with Crippen molar-refractivity contribution >= 4 is 38.6 Å². The van der Waals surface area contributed by atoms with E-state index < -0.39 is 0 Å². The Labute approximate surface area is 132 Å². The lowest BCUT2D eigenvalue weighted by atomic mass is 10.2. The van der Waals surface area contributed by atoms with Gasteiger partial charge in [-0.05, 0) is 49.9 Å². The van der Waals surface area contributed by atoms with Gasteiger partial charge in [-0.15, -0.1) is 22.7 Å². The molecule has 0 atom stereocenters. The molecule has 3 nitrogen and oxygen atoms in total. The lowest BCUT2D eigenvalue weighted by Gasteiger charge is -2.07. The number of pyridine rings is 1. The fourth-order valence-electron chi connectivity index (χ4n) is 2.45. The Morgan fingerprint density at radius 1 is 1.33 bits per heavy atom. The van der Waals surface area contributed by atoms with Crippen LogP contribution < -0.4 is 11.1 Å². The molecular formula is C16H19N3S2. The van der Waals surface area contributed by atoms with Crippen LogP contribution in [0.5, 0.6) is 0 Å². The maximum atomic E-state index is 5.71. The minimum absolute atomic E-state index is 0.685. The summed E-state index contributed by atoms with van der Waals surface area (Å²) in [5, 5.41) is 5.67. The van der Waals surface area contributed by atoms with Gasteiger partial charge in [0.2, 0.25) is 0 Å². The van der Waals surface area contributed by atoms with Crippen molar-refractivity contribution in [2.45, 2.75) is 26.8 Å². The zero-order valence-electron chi connectivity index (χ0n) is 12.3. The smallest absolute Gasteiger partial charge is 0.0865 e. The van der Waals surface area contributed by atoms with Gasteiger partial charge in [0.1, 0.15) is 0 Å². The maximum Gasteiger partial charge on any atom is 0.0865 e. The molecule has 0 fully saturated rings. The predicted molar refractivity (Wildman–Crippen MR) is 93.5 cm³/mol. The van der Waals surface area contributed by atoms with Crippen molar-refractivity contribution in [3.8, 4) is 0 Å². The molecular weight excluding hydrogens is 298 g/mol. The summed E-state index contributed by atoms with van der Waals surface area (Å²) in [5.74, 6) is 0. The van der Waals surface area contributed by atoms with Crippen LogP contribution >= 0.6 is 22.7 Å². The number of nitrogens with zero attached hydrogens (tertiary/aromatic N) is 1. The number of anilines is 1. The summed E-state index contributed by atoms with van der Waals surface area (Å²) in [4.78, 5) is 7.41. The number of rotatable bonds is 5. The second-order valence-electron chi connectivity index (χ2n) is 5.11. The zero-order valence-corrected chi connectivity index (χ0v) is 13.9. The van der Waals surface area contributed by atoms with Crippen LogP contribution in [0.1, 0.15) is 21.0 Å². The highest BCUT2D eigenvalue weighted by molar-refractivity contribution is 7.19. The standard InChI is InChI=1S/C16H19N3S2/c1-10-8-13(18-9-12-4-3-7-20-12)16-15(19-10)11(2)14(21-16)5-6-17/h3-4,7-8H,5-6,9,17H2,1-2H3,(H,18,19). The molecule has 3 N–H and O–H groups in total. The van der Waals surface area contributed by atoms with Gasteiger partial charge in [0.25, 0.3) is 0 Å². The van der Waals surface area contributed by atoms with E-state index in [1.54, 1.807) is 11.3 Å². The summed E-state index contributed by atoms with van der Waals surface area (Å²) in [6, 6.07) is 6.38. The third-order valence-corrected chi connectivity index (χ3v) is 5.75. The molecule has 0 aromatic carbocycles. The van der Waals surface area contributed by atoms with Gasteiger partial charge in [-0.3, -0.25) is 4.98 Å². The molecule has 0 aliphatic heterocycles. The topological polar surface area (TPSA) is 50.9 Å². The second kappa shape index (κ2) is 6.13. The Kier molecular flexibility index (Phi) is 4.24. The van der Waals surface area contributed by atoms with Gasteiger partial charge < -0.3 is 11.1 Å². The summed E-state index contributed by atoms with van der Waals surface area (Å²) in [6.45, 7) is 5.75. The third-order valence-electron chi connectivity index (χ3n) is 3.50. The number of nitrogens with one attached hydrogen (secondary N) is 1. The highest BCUT2D eigenvalue weighted by Crippen LogP contribution is 2.35. The normalized spacial score (nSPS) is 11.2. The molecule has 0 aliphatic rings. The van der Waals surface area contributed by atoms with Crippen molar-refractivity contribution in [2.24, 2.45) is 5.73 Å². The number of hydrogen-bond acceptors (Lipinski definition) is 5. The third kappa shape index (κ3) is 2.95. The Morgan fingerprint density at radius 2 is 2.19 bits per heavy atom. The summed E-state index contributed by atoms with van der Waals surface area (Å²) < 4.78 is 1.25. The average molecular weight is 317 g/mol. The largest absolute Gasteiger partial charge is 0.379 e. The molecule has 3 rings (SSSR count). The molecule has 0 amide bonds. The molecule has 0 aliphatic carbocycles. The molecule has 110 valence electrons. The number of aromatic nitrogens is 1. The van der Waals surface area contributed by atoms with Crippen molar-refractivity contribution < 1.29 is 0 Å². The Bertz CT molecular complexity index is 745. The van der Waals surface area contributed by atoms with Crippen molar-refractivity contribution in [3.63, 3.8) is 0 Å². The van der Waals surface area contributed by atoms with Crippen LogP contribution in [0.2, 0.25) is 0 Å². The molecule has 0 saturated heterocycles. The van der Waals surface area contributed by atoms with Gasteiger partial charge in [0.15, 0.2) is 0 Å². The predicted octanol–water partition coefficient (Wildman–Crippen LogP) is 4.09. The molecule has 0 bridgehead atoms. The summed E-state index contributed by atoms with van der Waals surface area (Å²) >= 11 is 3.60. The number of hydrogen-bond donors (Lipinski definition) is 2. The molecule has 0 spiro atoms. The first-order valence-electron chi connectivity index (χ1n) is 7.05. The Morgan fingerprint density at radius 3 is 2.90 bits per heavy atom. The van der Waals surface area contributed by atoms with Gasteiger partial charge in [-0.25, -0.2) is 0 Å². The number of fused-ring (bicyclic) bond motifs is 1. The van der Waals surface area contributed by atoms with Gasteiger partial charge in [-0.2, -0.15) is 0 Å². The van der Waals surface area contributed by atoms with Gasteiger partial charge in [0.05, 0.1) is 15.9 Å². The van der Waals surface area contributed by atoms with E-state index in [1.165, 1.54) is 25.7 Å². The van der Waals surface area contributed by atoms with Crippen LogP contribution in [0.25, 0.3) is 10.2 Å².